The molecule has 5 nitrogen and oxygen atoms in total. The maximum Gasteiger partial charge on any atom is 0.417 e. The van der Waals surface area contributed by atoms with Gasteiger partial charge >= 0.3 is 12.4 Å². The minimum atomic E-state index is -4.69. The smallest absolute Gasteiger partial charge is 0.324 e. The van der Waals surface area contributed by atoms with Gasteiger partial charge in [0.25, 0.3) is 5.56 Å². The minimum Gasteiger partial charge on any atom is -0.324 e. The molecule has 2 heterocycles. The molecule has 0 aliphatic rings. The number of hydrogen-bond acceptors (Lipinski definition) is 3. The lowest BCUT2D eigenvalue weighted by Crippen LogP contribution is -2.15. The fourth-order valence-electron chi connectivity index (χ4n) is 4.16. The van der Waals surface area contributed by atoms with Crippen LogP contribution in [-0.2, 0) is 12.4 Å². The maximum atomic E-state index is 13.6. The van der Waals surface area contributed by atoms with Crippen molar-refractivity contribution in [2.45, 2.75) is 12.4 Å². The number of fused-ring (bicyclic) bond motifs is 1. The monoisotopic (exact) mass is 524 g/mol. The summed E-state index contributed by atoms with van der Waals surface area (Å²) in [6.07, 6.45) is -9.25. The second-order valence-electron chi connectivity index (χ2n) is 8.30. The number of halogens is 6. The summed E-state index contributed by atoms with van der Waals surface area (Å²) >= 11 is 0. The lowest BCUT2D eigenvalue weighted by Gasteiger charge is -2.13. The number of rotatable bonds is 3. The molecule has 5 rings (SSSR count). The molecule has 0 bridgehead atoms. The standard InChI is InChI=1S/C27H14F6N4O/c28-26(29,30)18-11-9-16(10-12-18)23-24(17-7-5-15(14-34)6-8-17)37-22(38)13-21(35-25(37)36-23)19-3-1-2-4-20(19)27(31,32)33/h1-13H,(H,35,36). The zero-order valence-electron chi connectivity index (χ0n) is 19.0. The third-order valence-electron chi connectivity index (χ3n) is 5.91. The summed E-state index contributed by atoms with van der Waals surface area (Å²) in [6.45, 7) is 0. The number of nitrogens with zero attached hydrogens (tertiary/aromatic N) is 3. The predicted octanol–water partition coefficient (Wildman–Crippen LogP) is 6.93. The fourth-order valence-corrected chi connectivity index (χ4v) is 4.16. The predicted molar refractivity (Wildman–Crippen MR) is 127 cm³/mol. The number of nitrogens with one attached hydrogen (secondary N) is 1. The van der Waals surface area contributed by atoms with Crippen molar-refractivity contribution in [3.05, 3.63) is 106 Å². The quantitative estimate of drug-likeness (QED) is 0.260. The van der Waals surface area contributed by atoms with Gasteiger partial charge in [0.1, 0.15) is 0 Å². The molecule has 3 aromatic carbocycles. The van der Waals surface area contributed by atoms with Crippen LogP contribution in [0, 0.1) is 11.3 Å². The van der Waals surface area contributed by atoms with Crippen molar-refractivity contribution in [2.75, 3.05) is 0 Å². The Morgan fingerprint density at radius 1 is 0.816 bits per heavy atom. The van der Waals surface area contributed by atoms with Crippen molar-refractivity contribution >= 4 is 5.78 Å². The highest BCUT2D eigenvalue weighted by Crippen LogP contribution is 2.38. The van der Waals surface area contributed by atoms with E-state index in [1.54, 1.807) is 12.1 Å². The molecule has 5 aromatic rings. The van der Waals surface area contributed by atoms with Crippen LogP contribution < -0.4 is 5.56 Å². The number of aromatic nitrogens is 3. The van der Waals surface area contributed by atoms with Gasteiger partial charge < -0.3 is 4.98 Å². The van der Waals surface area contributed by atoms with Gasteiger partial charge in [0.15, 0.2) is 0 Å². The second-order valence-corrected chi connectivity index (χ2v) is 8.30. The van der Waals surface area contributed by atoms with Crippen LogP contribution in [0.5, 0.6) is 0 Å². The van der Waals surface area contributed by atoms with Crippen molar-refractivity contribution in [3.8, 4) is 39.8 Å². The van der Waals surface area contributed by atoms with Gasteiger partial charge in [-0.15, -0.1) is 0 Å². The van der Waals surface area contributed by atoms with Crippen LogP contribution in [0.15, 0.2) is 83.7 Å². The Morgan fingerprint density at radius 2 is 1.45 bits per heavy atom. The average molecular weight is 524 g/mol. The molecule has 0 saturated carbocycles. The molecule has 0 unspecified atom stereocenters. The van der Waals surface area contributed by atoms with Gasteiger partial charge in [0.2, 0.25) is 5.78 Å². The molecular formula is C27H14F6N4O. The highest BCUT2D eigenvalue weighted by molar-refractivity contribution is 5.82. The Balaban J connectivity index is 1.78. The molecule has 0 saturated heterocycles. The largest absolute Gasteiger partial charge is 0.417 e. The topological polar surface area (TPSA) is 73.9 Å². The van der Waals surface area contributed by atoms with Crippen molar-refractivity contribution < 1.29 is 26.3 Å². The number of alkyl halides is 6. The zero-order valence-corrected chi connectivity index (χ0v) is 19.0. The van der Waals surface area contributed by atoms with E-state index in [1.165, 1.54) is 42.5 Å². The van der Waals surface area contributed by atoms with Gasteiger partial charge in [-0.1, -0.05) is 42.5 Å². The van der Waals surface area contributed by atoms with Crippen molar-refractivity contribution in [1.82, 2.24) is 14.4 Å². The van der Waals surface area contributed by atoms with Crippen LogP contribution in [-0.4, -0.2) is 14.4 Å². The summed E-state index contributed by atoms with van der Waals surface area (Å²) in [7, 11) is 0. The first kappa shape index (κ1) is 24.8. The third kappa shape index (κ3) is 4.41. The molecule has 0 aliphatic heterocycles. The lowest BCUT2D eigenvalue weighted by atomic mass is 10.0. The van der Waals surface area contributed by atoms with Gasteiger partial charge in [-0.3, -0.25) is 4.79 Å². The summed E-state index contributed by atoms with van der Waals surface area (Å²) in [5, 5.41) is 9.12. The molecule has 11 heteroatoms. The minimum absolute atomic E-state index is 0.112. The summed E-state index contributed by atoms with van der Waals surface area (Å²) in [6, 6.07) is 17.9. The first-order valence-corrected chi connectivity index (χ1v) is 11.0. The summed E-state index contributed by atoms with van der Waals surface area (Å²) in [5.41, 5.74) is -1.64. The molecule has 0 amide bonds. The van der Waals surface area contributed by atoms with Crippen molar-refractivity contribution in [2.24, 2.45) is 0 Å². The Hall–Kier alpha value is -4.85. The Labute approximate surface area is 210 Å². The highest BCUT2D eigenvalue weighted by Gasteiger charge is 2.34. The van der Waals surface area contributed by atoms with Crippen molar-refractivity contribution in [3.63, 3.8) is 0 Å². The van der Waals surface area contributed by atoms with Crippen molar-refractivity contribution in [1.29, 1.82) is 5.26 Å². The van der Waals surface area contributed by atoms with E-state index >= 15 is 0 Å². The molecule has 1 N–H and O–H groups in total. The normalized spacial score (nSPS) is 12.0. The number of H-pyrrole nitrogens is 1. The molecule has 0 fully saturated rings. The van der Waals surface area contributed by atoms with E-state index in [1.807, 2.05) is 6.07 Å². The number of imidazole rings is 1. The first-order chi connectivity index (χ1) is 18.0. The average Bonchev–Trinajstić information content (AvgIpc) is 3.28. The third-order valence-corrected chi connectivity index (χ3v) is 5.91. The molecule has 190 valence electrons. The van der Waals surface area contributed by atoms with Gasteiger partial charge in [-0.25, -0.2) is 9.38 Å². The zero-order chi connectivity index (χ0) is 27.2. The molecule has 0 radical (unpaired) electrons. The number of hydrogen-bond donors (Lipinski definition) is 1. The maximum absolute atomic E-state index is 13.6. The summed E-state index contributed by atoms with van der Waals surface area (Å²) < 4.78 is 81.3. The van der Waals surface area contributed by atoms with Gasteiger partial charge in [0, 0.05) is 22.8 Å². The van der Waals surface area contributed by atoms with Crippen LogP contribution in [0.3, 0.4) is 0 Å². The SMILES string of the molecule is N#Cc1ccc(-c2c(-c3ccc(C(F)(F)F)cc3)nc3[nH]c(-c4ccccc4C(F)(F)F)cc(=O)n23)cc1. The van der Waals surface area contributed by atoms with E-state index in [-0.39, 0.29) is 34.0 Å². The molecular weight excluding hydrogens is 510 g/mol. The van der Waals surface area contributed by atoms with Gasteiger partial charge in [-0.2, -0.15) is 31.6 Å². The lowest BCUT2D eigenvalue weighted by molar-refractivity contribution is -0.138. The van der Waals surface area contributed by atoms with Crippen LogP contribution in [0.4, 0.5) is 26.3 Å². The number of benzene rings is 3. The number of nitriles is 1. The van der Waals surface area contributed by atoms with Gasteiger partial charge in [-0.05, 0) is 30.3 Å². The van der Waals surface area contributed by atoms with E-state index in [0.717, 1.165) is 28.7 Å². The highest BCUT2D eigenvalue weighted by atomic mass is 19.4. The Kier molecular flexibility index (Phi) is 5.83. The Bertz CT molecular complexity index is 1760. The van der Waals surface area contributed by atoms with Crippen LogP contribution in [0.2, 0.25) is 0 Å². The van der Waals surface area contributed by atoms with Crippen LogP contribution in [0.25, 0.3) is 39.5 Å². The number of aromatic amines is 1. The summed E-state index contributed by atoms with van der Waals surface area (Å²) in [5.74, 6) is -0.112. The van der Waals surface area contributed by atoms with E-state index in [9.17, 15) is 31.1 Å². The Morgan fingerprint density at radius 3 is 2.05 bits per heavy atom. The van der Waals surface area contributed by atoms with E-state index in [0.29, 0.717) is 11.1 Å². The molecule has 2 aromatic heterocycles. The summed E-state index contributed by atoms with van der Waals surface area (Å²) in [4.78, 5) is 20.5. The molecule has 38 heavy (non-hydrogen) atoms. The van der Waals surface area contributed by atoms with Crippen LogP contribution >= 0.6 is 0 Å². The molecule has 0 atom stereocenters. The van der Waals surface area contributed by atoms with Gasteiger partial charge in [0.05, 0.1) is 39.8 Å². The molecule has 0 spiro atoms. The fraction of sp³-hybridized carbons (Fsp3) is 0.0741. The van der Waals surface area contributed by atoms with E-state index < -0.39 is 29.0 Å². The first-order valence-electron chi connectivity index (χ1n) is 11.0. The van der Waals surface area contributed by atoms with Crippen LogP contribution in [0.1, 0.15) is 16.7 Å². The van der Waals surface area contributed by atoms with E-state index in [2.05, 4.69) is 9.97 Å². The second kappa shape index (κ2) is 8.92. The molecule has 0 aliphatic carbocycles. The van der Waals surface area contributed by atoms with E-state index in [4.69, 9.17) is 5.26 Å².